The predicted molar refractivity (Wildman–Crippen MR) is 69.7 cm³/mol. The number of hydrogen-bond donors (Lipinski definition) is 1. The summed E-state index contributed by atoms with van der Waals surface area (Å²) in [6, 6.07) is 14.7. The Hall–Kier alpha value is -1.51. The Morgan fingerprint density at radius 3 is 2.53 bits per heavy atom. The summed E-state index contributed by atoms with van der Waals surface area (Å²) in [6.07, 6.45) is 0. The summed E-state index contributed by atoms with van der Waals surface area (Å²) in [5.41, 5.74) is 1.04. The quantitative estimate of drug-likeness (QED) is 0.872. The largest absolute Gasteiger partial charge is 0.322 e. The summed E-state index contributed by atoms with van der Waals surface area (Å²) in [6.45, 7) is 0. The van der Waals surface area contributed by atoms with Crippen LogP contribution in [0, 0.1) is 6.07 Å². The third kappa shape index (κ3) is 2.78. The van der Waals surface area contributed by atoms with E-state index in [0.717, 1.165) is 0 Å². The first-order valence-corrected chi connectivity index (χ1v) is 5.65. The highest BCUT2D eigenvalue weighted by Crippen LogP contribution is 2.26. The molecule has 0 saturated heterocycles. The predicted octanol–water partition coefficient (Wildman–Crippen LogP) is 4.05. The molecule has 0 bridgehead atoms. The molecular formula is C13H8Cl2NO. The van der Waals surface area contributed by atoms with Gasteiger partial charge in [-0.3, -0.25) is 4.79 Å². The van der Waals surface area contributed by atoms with E-state index in [1.807, 2.05) is 0 Å². The minimum atomic E-state index is -0.288. The third-order valence-electron chi connectivity index (χ3n) is 2.17. The standard InChI is InChI=1S/C13H8Cl2NO/c14-11-8-4-7-10(12(11)15)13(17)16-9-5-2-1-3-6-9/h2-8H,(H,16,17). The molecule has 2 aromatic carbocycles. The Balaban J connectivity index is 2.24. The van der Waals surface area contributed by atoms with Crippen molar-refractivity contribution in [1.82, 2.24) is 0 Å². The molecule has 0 fully saturated rings. The fourth-order valence-electron chi connectivity index (χ4n) is 1.35. The van der Waals surface area contributed by atoms with Crippen LogP contribution in [0.1, 0.15) is 10.4 Å². The van der Waals surface area contributed by atoms with Crippen LogP contribution in [0.5, 0.6) is 0 Å². The first-order chi connectivity index (χ1) is 8.18. The summed E-state index contributed by atoms with van der Waals surface area (Å²) in [7, 11) is 0. The van der Waals surface area contributed by atoms with Gasteiger partial charge in [-0.25, -0.2) is 0 Å². The minimum absolute atomic E-state index is 0.258. The van der Waals surface area contributed by atoms with E-state index in [9.17, 15) is 4.79 Å². The first-order valence-electron chi connectivity index (χ1n) is 4.90. The Bertz CT molecular complexity index is 540. The van der Waals surface area contributed by atoms with Gasteiger partial charge in [0.15, 0.2) is 0 Å². The Labute approximate surface area is 109 Å². The lowest BCUT2D eigenvalue weighted by Crippen LogP contribution is -2.12. The average Bonchev–Trinajstić information content (AvgIpc) is 2.34. The van der Waals surface area contributed by atoms with E-state index in [0.29, 0.717) is 16.3 Å². The van der Waals surface area contributed by atoms with Crippen LogP contribution < -0.4 is 5.32 Å². The van der Waals surface area contributed by atoms with Gasteiger partial charge < -0.3 is 5.32 Å². The second kappa shape index (κ2) is 5.21. The summed E-state index contributed by atoms with van der Waals surface area (Å²) in [5.74, 6) is -0.288. The van der Waals surface area contributed by atoms with Crippen molar-refractivity contribution in [1.29, 1.82) is 0 Å². The smallest absolute Gasteiger partial charge is 0.257 e. The van der Waals surface area contributed by atoms with Gasteiger partial charge in [0.1, 0.15) is 0 Å². The lowest BCUT2D eigenvalue weighted by molar-refractivity contribution is 0.102. The Morgan fingerprint density at radius 2 is 1.82 bits per heavy atom. The van der Waals surface area contributed by atoms with Gasteiger partial charge in [-0.1, -0.05) is 41.4 Å². The molecule has 1 radical (unpaired) electrons. The highest BCUT2D eigenvalue weighted by atomic mass is 35.5. The van der Waals surface area contributed by atoms with E-state index in [1.54, 1.807) is 42.5 Å². The lowest BCUT2D eigenvalue weighted by atomic mass is 10.2. The van der Waals surface area contributed by atoms with Crippen LogP contribution in [0.15, 0.2) is 42.5 Å². The topological polar surface area (TPSA) is 29.1 Å². The number of benzene rings is 2. The summed E-state index contributed by atoms with van der Waals surface area (Å²) < 4.78 is 0. The molecule has 2 nitrogen and oxygen atoms in total. The van der Waals surface area contributed by atoms with Gasteiger partial charge in [0.2, 0.25) is 0 Å². The van der Waals surface area contributed by atoms with Gasteiger partial charge >= 0.3 is 0 Å². The van der Waals surface area contributed by atoms with E-state index >= 15 is 0 Å². The van der Waals surface area contributed by atoms with Crippen molar-refractivity contribution in [3.63, 3.8) is 0 Å². The average molecular weight is 265 g/mol. The van der Waals surface area contributed by atoms with Crippen molar-refractivity contribution >= 4 is 34.8 Å². The molecule has 0 aromatic heterocycles. The van der Waals surface area contributed by atoms with Crippen molar-refractivity contribution in [2.75, 3.05) is 5.32 Å². The molecule has 1 N–H and O–H groups in total. The van der Waals surface area contributed by atoms with E-state index in [1.165, 1.54) is 0 Å². The van der Waals surface area contributed by atoms with Crippen LogP contribution in [0.2, 0.25) is 10.0 Å². The molecule has 4 heteroatoms. The number of rotatable bonds is 2. The molecule has 0 unspecified atom stereocenters. The van der Waals surface area contributed by atoms with Gasteiger partial charge in [-0.05, 0) is 30.3 Å². The molecule has 0 aliphatic heterocycles. The molecule has 0 heterocycles. The van der Waals surface area contributed by atoms with Crippen molar-refractivity contribution in [2.45, 2.75) is 0 Å². The van der Waals surface area contributed by atoms with Gasteiger partial charge in [-0.2, -0.15) is 0 Å². The van der Waals surface area contributed by atoms with Crippen molar-refractivity contribution in [2.24, 2.45) is 0 Å². The van der Waals surface area contributed by atoms with Crippen LogP contribution in [0.25, 0.3) is 0 Å². The van der Waals surface area contributed by atoms with Crippen LogP contribution in [0.3, 0.4) is 0 Å². The maximum absolute atomic E-state index is 11.9. The zero-order valence-corrected chi connectivity index (χ0v) is 10.2. The van der Waals surface area contributed by atoms with Crippen molar-refractivity contribution in [3.8, 4) is 0 Å². The molecule has 2 aromatic rings. The normalized spacial score (nSPS) is 10.0. The molecule has 0 aliphatic carbocycles. The van der Waals surface area contributed by atoms with Gasteiger partial charge in [-0.15, -0.1) is 0 Å². The SMILES string of the molecule is O=C(Nc1cc[c]cc1)c1cccc(Cl)c1Cl. The fourth-order valence-corrected chi connectivity index (χ4v) is 1.73. The van der Waals surface area contributed by atoms with Crippen molar-refractivity contribution in [3.05, 3.63) is 64.1 Å². The first kappa shape index (κ1) is 12.0. The van der Waals surface area contributed by atoms with E-state index in [4.69, 9.17) is 23.2 Å². The molecule has 85 valence electrons. The number of nitrogens with one attached hydrogen (secondary N) is 1. The second-order valence-electron chi connectivity index (χ2n) is 3.34. The fraction of sp³-hybridized carbons (Fsp3) is 0. The maximum atomic E-state index is 11.9. The second-order valence-corrected chi connectivity index (χ2v) is 4.13. The zero-order chi connectivity index (χ0) is 12.3. The van der Waals surface area contributed by atoms with Gasteiger partial charge in [0.25, 0.3) is 5.91 Å². The molecule has 1 amide bonds. The monoisotopic (exact) mass is 264 g/mol. The van der Waals surface area contributed by atoms with E-state index < -0.39 is 0 Å². The molecule has 2 rings (SSSR count). The molecule has 0 spiro atoms. The molecule has 17 heavy (non-hydrogen) atoms. The minimum Gasteiger partial charge on any atom is -0.322 e. The molecule has 0 aliphatic rings. The third-order valence-corrected chi connectivity index (χ3v) is 2.99. The number of hydrogen-bond acceptors (Lipinski definition) is 1. The highest BCUT2D eigenvalue weighted by molar-refractivity contribution is 6.44. The maximum Gasteiger partial charge on any atom is 0.257 e. The number of carbonyl (C=O) groups is 1. The molecule has 0 saturated carbocycles. The number of anilines is 1. The van der Waals surface area contributed by atoms with Gasteiger partial charge in [0, 0.05) is 5.69 Å². The summed E-state index contributed by atoms with van der Waals surface area (Å²) in [4.78, 5) is 11.9. The van der Waals surface area contributed by atoms with Crippen LogP contribution in [0.4, 0.5) is 5.69 Å². The van der Waals surface area contributed by atoms with Crippen LogP contribution in [-0.4, -0.2) is 5.91 Å². The van der Waals surface area contributed by atoms with Crippen molar-refractivity contribution < 1.29 is 4.79 Å². The summed E-state index contributed by atoms with van der Waals surface area (Å²) in [5, 5.41) is 3.34. The van der Waals surface area contributed by atoms with Crippen LogP contribution in [-0.2, 0) is 0 Å². The van der Waals surface area contributed by atoms with E-state index in [-0.39, 0.29) is 10.9 Å². The number of carbonyl (C=O) groups excluding carboxylic acids is 1. The number of amides is 1. The Morgan fingerprint density at radius 1 is 1.12 bits per heavy atom. The zero-order valence-electron chi connectivity index (χ0n) is 8.71. The van der Waals surface area contributed by atoms with Gasteiger partial charge in [0.05, 0.1) is 15.6 Å². The van der Waals surface area contributed by atoms with E-state index in [2.05, 4.69) is 11.4 Å². The molecular weight excluding hydrogens is 257 g/mol. The van der Waals surface area contributed by atoms with Crippen LogP contribution >= 0.6 is 23.2 Å². The highest BCUT2D eigenvalue weighted by Gasteiger charge is 2.12. The molecule has 0 atom stereocenters. The lowest BCUT2D eigenvalue weighted by Gasteiger charge is -2.07. The Kier molecular flexibility index (Phi) is 3.67. The number of halogens is 2. The summed E-state index contributed by atoms with van der Waals surface area (Å²) >= 11 is 11.8.